The quantitative estimate of drug-likeness (QED) is 0.690. The molecule has 0 aliphatic heterocycles. The third-order valence-corrected chi connectivity index (χ3v) is 4.74. The molecule has 1 aromatic heterocycles. The number of hydrogen-bond donors (Lipinski definition) is 2. The van der Waals surface area contributed by atoms with Crippen molar-refractivity contribution < 1.29 is 0 Å². The third-order valence-electron chi connectivity index (χ3n) is 4.74. The molecule has 0 unspecified atom stereocenters. The summed E-state index contributed by atoms with van der Waals surface area (Å²) in [6.07, 6.45) is 3.54. The topological polar surface area (TPSA) is 53.1 Å². The second kappa shape index (κ2) is 8.04. The van der Waals surface area contributed by atoms with Crippen molar-refractivity contribution in [3.63, 3.8) is 0 Å². The maximum Gasteiger partial charge on any atom is 0.224 e. The van der Waals surface area contributed by atoms with Gasteiger partial charge >= 0.3 is 0 Å². The Labute approximate surface area is 157 Å². The molecule has 1 aliphatic rings. The van der Waals surface area contributed by atoms with E-state index >= 15 is 0 Å². The molecule has 0 saturated heterocycles. The molecule has 2 aromatic rings. The SMILES string of the molecule is Cc1cc(C)c(Nc2cc(C3CC3)nc(NCCCN(C)C)n2)c(C)c1. The highest BCUT2D eigenvalue weighted by molar-refractivity contribution is 5.66. The molecule has 0 atom stereocenters. The van der Waals surface area contributed by atoms with Gasteiger partial charge in [0.2, 0.25) is 5.95 Å². The molecule has 0 radical (unpaired) electrons. The minimum absolute atomic E-state index is 0.598. The van der Waals surface area contributed by atoms with Crippen molar-refractivity contribution in [2.45, 2.75) is 46.0 Å². The minimum Gasteiger partial charge on any atom is -0.354 e. The van der Waals surface area contributed by atoms with Gasteiger partial charge in [-0.15, -0.1) is 0 Å². The van der Waals surface area contributed by atoms with E-state index in [0.29, 0.717) is 5.92 Å². The molecule has 1 saturated carbocycles. The van der Waals surface area contributed by atoms with Gasteiger partial charge in [0, 0.05) is 24.2 Å². The molecule has 0 spiro atoms. The molecule has 1 fully saturated rings. The zero-order valence-electron chi connectivity index (χ0n) is 16.7. The largest absolute Gasteiger partial charge is 0.354 e. The molecule has 5 nitrogen and oxygen atoms in total. The molecule has 140 valence electrons. The molecule has 0 bridgehead atoms. The van der Waals surface area contributed by atoms with Crippen LogP contribution in [0.2, 0.25) is 0 Å². The Hall–Kier alpha value is -2.14. The molecule has 3 rings (SSSR count). The maximum absolute atomic E-state index is 4.74. The summed E-state index contributed by atoms with van der Waals surface area (Å²) in [5, 5.41) is 6.94. The summed E-state index contributed by atoms with van der Waals surface area (Å²) in [5.41, 5.74) is 6.08. The van der Waals surface area contributed by atoms with E-state index in [9.17, 15) is 0 Å². The van der Waals surface area contributed by atoms with E-state index in [0.717, 1.165) is 42.7 Å². The number of aryl methyl sites for hydroxylation is 3. The van der Waals surface area contributed by atoms with Crippen LogP contribution in [0.5, 0.6) is 0 Å². The predicted molar refractivity (Wildman–Crippen MR) is 110 cm³/mol. The number of benzene rings is 1. The Morgan fingerprint density at radius 2 is 1.73 bits per heavy atom. The summed E-state index contributed by atoms with van der Waals surface area (Å²) in [6.45, 7) is 8.36. The van der Waals surface area contributed by atoms with Gasteiger partial charge in [-0.25, -0.2) is 4.98 Å². The fourth-order valence-corrected chi connectivity index (χ4v) is 3.30. The van der Waals surface area contributed by atoms with Crippen molar-refractivity contribution in [3.05, 3.63) is 40.6 Å². The summed E-state index contributed by atoms with van der Waals surface area (Å²) >= 11 is 0. The normalized spacial score (nSPS) is 13.9. The Balaban J connectivity index is 1.78. The molecule has 1 aromatic carbocycles. The van der Waals surface area contributed by atoms with Gasteiger partial charge in [0.25, 0.3) is 0 Å². The zero-order chi connectivity index (χ0) is 18.7. The molecule has 2 N–H and O–H groups in total. The van der Waals surface area contributed by atoms with Crippen LogP contribution in [-0.4, -0.2) is 42.1 Å². The molecule has 0 amide bonds. The van der Waals surface area contributed by atoms with Gasteiger partial charge in [-0.2, -0.15) is 4.98 Å². The van der Waals surface area contributed by atoms with Gasteiger partial charge in [-0.3, -0.25) is 0 Å². The zero-order valence-corrected chi connectivity index (χ0v) is 16.7. The summed E-state index contributed by atoms with van der Waals surface area (Å²) < 4.78 is 0. The Morgan fingerprint density at radius 1 is 1.04 bits per heavy atom. The number of aromatic nitrogens is 2. The summed E-state index contributed by atoms with van der Waals surface area (Å²) in [4.78, 5) is 11.6. The van der Waals surface area contributed by atoms with E-state index < -0.39 is 0 Å². The van der Waals surface area contributed by atoms with Crippen molar-refractivity contribution in [3.8, 4) is 0 Å². The Bertz CT molecular complexity index is 742. The van der Waals surface area contributed by atoms with E-state index in [1.165, 1.54) is 29.5 Å². The standard InChI is InChI=1S/C21H31N5/c1-14-11-15(2)20(16(3)12-14)24-19-13-18(17-7-8-17)23-21(25-19)22-9-6-10-26(4)5/h11-13,17H,6-10H2,1-5H3,(H2,22,23,24,25). The van der Waals surface area contributed by atoms with Gasteiger partial charge < -0.3 is 15.5 Å². The van der Waals surface area contributed by atoms with Crippen molar-refractivity contribution in [2.24, 2.45) is 0 Å². The molecular formula is C21H31N5. The van der Waals surface area contributed by atoms with Gasteiger partial charge in [0.15, 0.2) is 0 Å². The van der Waals surface area contributed by atoms with Crippen molar-refractivity contribution in [2.75, 3.05) is 37.8 Å². The fourth-order valence-electron chi connectivity index (χ4n) is 3.30. The first-order valence-electron chi connectivity index (χ1n) is 9.55. The van der Waals surface area contributed by atoms with E-state index in [-0.39, 0.29) is 0 Å². The van der Waals surface area contributed by atoms with Crippen LogP contribution < -0.4 is 10.6 Å². The Kier molecular flexibility index (Phi) is 5.77. The summed E-state index contributed by atoms with van der Waals surface area (Å²) in [5.74, 6) is 2.21. The first kappa shape index (κ1) is 18.6. The minimum atomic E-state index is 0.598. The molecule has 26 heavy (non-hydrogen) atoms. The second-order valence-electron chi connectivity index (χ2n) is 7.76. The molecule has 1 heterocycles. The third kappa shape index (κ3) is 4.94. The fraction of sp³-hybridized carbons (Fsp3) is 0.524. The highest BCUT2D eigenvalue weighted by atomic mass is 15.1. The van der Waals surface area contributed by atoms with E-state index in [2.05, 4.69) is 68.6 Å². The van der Waals surface area contributed by atoms with Crippen LogP contribution in [0.1, 0.15) is 47.6 Å². The van der Waals surface area contributed by atoms with E-state index in [1.54, 1.807) is 0 Å². The lowest BCUT2D eigenvalue weighted by molar-refractivity contribution is 0.405. The van der Waals surface area contributed by atoms with Crippen LogP contribution in [0.3, 0.4) is 0 Å². The van der Waals surface area contributed by atoms with Crippen LogP contribution in [0.25, 0.3) is 0 Å². The second-order valence-corrected chi connectivity index (χ2v) is 7.76. The van der Waals surface area contributed by atoms with Crippen LogP contribution in [0.15, 0.2) is 18.2 Å². The number of rotatable bonds is 8. The summed E-state index contributed by atoms with van der Waals surface area (Å²) in [7, 11) is 4.19. The highest BCUT2D eigenvalue weighted by Crippen LogP contribution is 2.40. The highest BCUT2D eigenvalue weighted by Gasteiger charge is 2.26. The molecular weight excluding hydrogens is 322 g/mol. The average molecular weight is 354 g/mol. The smallest absolute Gasteiger partial charge is 0.224 e. The number of nitrogens with one attached hydrogen (secondary N) is 2. The van der Waals surface area contributed by atoms with Crippen LogP contribution in [-0.2, 0) is 0 Å². The first-order valence-corrected chi connectivity index (χ1v) is 9.55. The van der Waals surface area contributed by atoms with Gasteiger partial charge in [-0.1, -0.05) is 17.7 Å². The van der Waals surface area contributed by atoms with Crippen molar-refractivity contribution >= 4 is 17.5 Å². The number of nitrogens with zero attached hydrogens (tertiary/aromatic N) is 3. The van der Waals surface area contributed by atoms with Crippen LogP contribution >= 0.6 is 0 Å². The first-order chi connectivity index (χ1) is 12.4. The predicted octanol–water partition coefficient (Wildman–Crippen LogP) is 4.39. The lowest BCUT2D eigenvalue weighted by Gasteiger charge is -2.15. The lowest BCUT2D eigenvalue weighted by Crippen LogP contribution is -2.17. The molecule has 5 heteroatoms. The van der Waals surface area contributed by atoms with Gasteiger partial charge in [0.1, 0.15) is 5.82 Å². The van der Waals surface area contributed by atoms with E-state index in [4.69, 9.17) is 9.97 Å². The van der Waals surface area contributed by atoms with Crippen molar-refractivity contribution in [1.82, 2.24) is 14.9 Å². The average Bonchev–Trinajstić information content (AvgIpc) is 3.39. The lowest BCUT2D eigenvalue weighted by atomic mass is 10.1. The van der Waals surface area contributed by atoms with E-state index in [1.807, 2.05) is 0 Å². The van der Waals surface area contributed by atoms with Crippen LogP contribution in [0.4, 0.5) is 17.5 Å². The monoisotopic (exact) mass is 353 g/mol. The number of anilines is 3. The van der Waals surface area contributed by atoms with Crippen molar-refractivity contribution in [1.29, 1.82) is 0 Å². The van der Waals surface area contributed by atoms with Gasteiger partial charge in [0.05, 0.1) is 5.69 Å². The Morgan fingerprint density at radius 3 is 2.35 bits per heavy atom. The summed E-state index contributed by atoms with van der Waals surface area (Å²) in [6, 6.07) is 6.53. The maximum atomic E-state index is 4.74. The molecule has 1 aliphatic carbocycles. The van der Waals surface area contributed by atoms with Gasteiger partial charge in [-0.05, 0) is 71.8 Å². The number of hydrogen-bond acceptors (Lipinski definition) is 5. The van der Waals surface area contributed by atoms with Crippen LogP contribution in [0, 0.1) is 20.8 Å².